The largest absolute Gasteiger partial charge is 0.384 e. The molecule has 1 aromatic rings. The minimum atomic E-state index is -0.987. The number of nitrogens with two attached hydrogens (primary N) is 1. The molecule has 2 atom stereocenters. The first kappa shape index (κ1) is 16.2. The number of ether oxygens (including phenoxy) is 1. The second kappa shape index (κ2) is 7.63. The van der Waals surface area contributed by atoms with Crippen molar-refractivity contribution in [2.24, 2.45) is 11.7 Å². The van der Waals surface area contributed by atoms with E-state index in [0.29, 0.717) is 18.9 Å². The van der Waals surface area contributed by atoms with Crippen LogP contribution in [0.1, 0.15) is 39.2 Å². The standard InChI is InChI=1S/C16H27NO2/c1-13(2)11-14(3)19-10-9-16(18,12-17)15-7-5-4-6-8-15/h4-8,13-14,18H,9-12,17H2,1-3H3. The van der Waals surface area contributed by atoms with E-state index in [-0.39, 0.29) is 12.6 Å². The van der Waals surface area contributed by atoms with Crippen molar-refractivity contribution in [3.63, 3.8) is 0 Å². The highest BCUT2D eigenvalue weighted by atomic mass is 16.5. The number of rotatable bonds is 8. The van der Waals surface area contributed by atoms with Crippen LogP contribution in [0.2, 0.25) is 0 Å². The Kier molecular flexibility index (Phi) is 6.49. The smallest absolute Gasteiger partial charge is 0.104 e. The van der Waals surface area contributed by atoms with Gasteiger partial charge >= 0.3 is 0 Å². The van der Waals surface area contributed by atoms with E-state index >= 15 is 0 Å². The molecule has 0 bridgehead atoms. The van der Waals surface area contributed by atoms with Gasteiger partial charge < -0.3 is 15.6 Å². The molecule has 1 rings (SSSR count). The van der Waals surface area contributed by atoms with Crippen molar-refractivity contribution in [1.29, 1.82) is 0 Å². The minimum absolute atomic E-state index is 0.207. The summed E-state index contributed by atoms with van der Waals surface area (Å²) in [7, 11) is 0. The fourth-order valence-corrected chi connectivity index (χ4v) is 2.27. The van der Waals surface area contributed by atoms with Gasteiger partial charge in [0.2, 0.25) is 0 Å². The Labute approximate surface area is 116 Å². The first-order valence-corrected chi connectivity index (χ1v) is 7.07. The van der Waals surface area contributed by atoms with Crippen LogP contribution in [0.15, 0.2) is 30.3 Å². The molecule has 2 unspecified atom stereocenters. The molecule has 0 heterocycles. The molecule has 1 aromatic carbocycles. The van der Waals surface area contributed by atoms with Gasteiger partial charge in [0, 0.05) is 13.0 Å². The monoisotopic (exact) mass is 265 g/mol. The van der Waals surface area contributed by atoms with Gasteiger partial charge in [-0.25, -0.2) is 0 Å². The van der Waals surface area contributed by atoms with E-state index in [4.69, 9.17) is 10.5 Å². The fourth-order valence-electron chi connectivity index (χ4n) is 2.27. The first-order chi connectivity index (χ1) is 8.98. The average molecular weight is 265 g/mol. The van der Waals surface area contributed by atoms with Gasteiger partial charge in [0.15, 0.2) is 0 Å². The average Bonchev–Trinajstić information content (AvgIpc) is 2.38. The number of hydrogen-bond donors (Lipinski definition) is 2. The van der Waals surface area contributed by atoms with E-state index in [9.17, 15) is 5.11 Å². The van der Waals surface area contributed by atoms with Crippen molar-refractivity contribution in [2.75, 3.05) is 13.2 Å². The van der Waals surface area contributed by atoms with Crippen LogP contribution in [0.3, 0.4) is 0 Å². The quantitative estimate of drug-likeness (QED) is 0.760. The summed E-state index contributed by atoms with van der Waals surface area (Å²) in [6.07, 6.45) is 1.78. The van der Waals surface area contributed by atoms with Gasteiger partial charge in [-0.05, 0) is 24.8 Å². The normalized spacial score (nSPS) is 16.3. The van der Waals surface area contributed by atoms with Crippen molar-refractivity contribution in [1.82, 2.24) is 0 Å². The van der Waals surface area contributed by atoms with Crippen molar-refractivity contribution in [3.05, 3.63) is 35.9 Å². The third-order valence-electron chi connectivity index (χ3n) is 3.37. The summed E-state index contributed by atoms with van der Waals surface area (Å²) >= 11 is 0. The lowest BCUT2D eigenvalue weighted by Crippen LogP contribution is -2.36. The molecule has 19 heavy (non-hydrogen) atoms. The van der Waals surface area contributed by atoms with E-state index < -0.39 is 5.60 Å². The summed E-state index contributed by atoms with van der Waals surface area (Å²) in [6, 6.07) is 9.58. The van der Waals surface area contributed by atoms with Gasteiger partial charge in [-0.3, -0.25) is 0 Å². The lowest BCUT2D eigenvalue weighted by Gasteiger charge is -2.28. The maximum absolute atomic E-state index is 10.6. The lowest BCUT2D eigenvalue weighted by molar-refractivity contribution is -0.0190. The zero-order chi connectivity index (χ0) is 14.3. The van der Waals surface area contributed by atoms with E-state index in [1.165, 1.54) is 0 Å². The fraction of sp³-hybridized carbons (Fsp3) is 0.625. The van der Waals surface area contributed by atoms with Crippen LogP contribution >= 0.6 is 0 Å². The number of hydrogen-bond acceptors (Lipinski definition) is 3. The molecule has 0 aliphatic heterocycles. The van der Waals surface area contributed by atoms with E-state index in [2.05, 4.69) is 20.8 Å². The highest BCUT2D eigenvalue weighted by molar-refractivity contribution is 5.22. The molecule has 0 radical (unpaired) electrons. The summed E-state index contributed by atoms with van der Waals surface area (Å²) < 4.78 is 5.76. The summed E-state index contributed by atoms with van der Waals surface area (Å²) in [6.45, 7) is 7.17. The van der Waals surface area contributed by atoms with Gasteiger partial charge in [-0.2, -0.15) is 0 Å². The summed E-state index contributed by atoms with van der Waals surface area (Å²) in [4.78, 5) is 0. The summed E-state index contributed by atoms with van der Waals surface area (Å²) in [5.74, 6) is 0.623. The zero-order valence-corrected chi connectivity index (χ0v) is 12.3. The van der Waals surface area contributed by atoms with Crippen LogP contribution in [0.5, 0.6) is 0 Å². The van der Waals surface area contributed by atoms with Crippen LogP contribution in [-0.2, 0) is 10.3 Å². The highest BCUT2D eigenvalue weighted by Gasteiger charge is 2.27. The molecule has 0 aromatic heterocycles. The Morgan fingerprint density at radius 1 is 1.21 bits per heavy atom. The van der Waals surface area contributed by atoms with Gasteiger partial charge in [-0.15, -0.1) is 0 Å². The maximum Gasteiger partial charge on any atom is 0.104 e. The second-order valence-corrected chi connectivity index (χ2v) is 5.66. The Hall–Kier alpha value is -0.900. The molecule has 3 heteroatoms. The van der Waals surface area contributed by atoms with Crippen molar-refractivity contribution in [3.8, 4) is 0 Å². The molecular formula is C16H27NO2. The van der Waals surface area contributed by atoms with Gasteiger partial charge in [0.25, 0.3) is 0 Å². The number of benzene rings is 1. The molecule has 0 saturated heterocycles. The van der Waals surface area contributed by atoms with Crippen LogP contribution in [0.25, 0.3) is 0 Å². The maximum atomic E-state index is 10.6. The molecule has 0 amide bonds. The van der Waals surface area contributed by atoms with Crippen molar-refractivity contribution in [2.45, 2.75) is 45.3 Å². The Balaban J connectivity index is 2.49. The van der Waals surface area contributed by atoms with E-state index in [1.807, 2.05) is 30.3 Å². The topological polar surface area (TPSA) is 55.5 Å². The Morgan fingerprint density at radius 2 is 1.84 bits per heavy atom. The third kappa shape index (κ3) is 5.31. The molecule has 0 saturated carbocycles. The van der Waals surface area contributed by atoms with Crippen LogP contribution in [0, 0.1) is 5.92 Å². The van der Waals surface area contributed by atoms with E-state index in [0.717, 1.165) is 12.0 Å². The third-order valence-corrected chi connectivity index (χ3v) is 3.37. The molecule has 0 aliphatic rings. The molecule has 0 fully saturated rings. The predicted octanol–water partition coefficient (Wildman–Crippen LogP) is 2.67. The SMILES string of the molecule is CC(C)CC(C)OCCC(O)(CN)c1ccccc1. The lowest BCUT2D eigenvalue weighted by atomic mass is 9.91. The van der Waals surface area contributed by atoms with Gasteiger partial charge in [0.1, 0.15) is 5.60 Å². The van der Waals surface area contributed by atoms with Crippen molar-refractivity contribution < 1.29 is 9.84 Å². The molecule has 3 N–H and O–H groups in total. The van der Waals surface area contributed by atoms with Gasteiger partial charge in [0.05, 0.1) is 12.7 Å². The molecule has 0 aliphatic carbocycles. The summed E-state index contributed by atoms with van der Waals surface area (Å²) in [5, 5.41) is 10.6. The van der Waals surface area contributed by atoms with Crippen molar-refractivity contribution >= 4 is 0 Å². The Morgan fingerprint density at radius 3 is 2.37 bits per heavy atom. The molecule has 0 spiro atoms. The summed E-state index contributed by atoms with van der Waals surface area (Å²) in [5.41, 5.74) is 5.60. The second-order valence-electron chi connectivity index (χ2n) is 5.66. The minimum Gasteiger partial charge on any atom is -0.384 e. The molecule has 108 valence electrons. The van der Waals surface area contributed by atoms with E-state index in [1.54, 1.807) is 0 Å². The van der Waals surface area contributed by atoms with Crippen LogP contribution < -0.4 is 5.73 Å². The predicted molar refractivity (Wildman–Crippen MR) is 78.9 cm³/mol. The van der Waals surface area contributed by atoms with Crippen LogP contribution in [-0.4, -0.2) is 24.4 Å². The van der Waals surface area contributed by atoms with Crippen LogP contribution in [0.4, 0.5) is 0 Å². The molecule has 3 nitrogen and oxygen atoms in total. The molecular weight excluding hydrogens is 238 g/mol. The highest BCUT2D eigenvalue weighted by Crippen LogP contribution is 2.24. The zero-order valence-electron chi connectivity index (χ0n) is 12.3. The Bertz CT molecular complexity index is 353. The number of aliphatic hydroxyl groups is 1. The first-order valence-electron chi connectivity index (χ1n) is 7.07. The van der Waals surface area contributed by atoms with Gasteiger partial charge in [-0.1, -0.05) is 44.2 Å².